The second-order valence-electron chi connectivity index (χ2n) is 3.73. The highest BCUT2D eigenvalue weighted by atomic mass is 16.6. The molecule has 0 saturated heterocycles. The number of carbonyl (C=O) groups is 1. The van der Waals surface area contributed by atoms with E-state index >= 15 is 0 Å². The first-order chi connectivity index (χ1) is 5.35. The van der Waals surface area contributed by atoms with E-state index in [1.54, 1.807) is 20.8 Å². The predicted molar refractivity (Wildman–Crippen MR) is 45.5 cm³/mol. The fourth-order valence-electron chi connectivity index (χ4n) is 0.662. The summed E-state index contributed by atoms with van der Waals surface area (Å²) in [5, 5.41) is 8.55. The molecule has 0 bridgehead atoms. The van der Waals surface area contributed by atoms with Crippen molar-refractivity contribution < 1.29 is 14.6 Å². The zero-order valence-corrected chi connectivity index (χ0v) is 7.83. The Hall–Kier alpha value is -0.610. The molecule has 4 heteroatoms. The van der Waals surface area contributed by atoms with Crippen LogP contribution in [0.4, 0.5) is 0 Å². The van der Waals surface area contributed by atoms with Crippen LogP contribution in [0.5, 0.6) is 0 Å². The summed E-state index contributed by atoms with van der Waals surface area (Å²) < 4.78 is 4.98. The van der Waals surface area contributed by atoms with Gasteiger partial charge in [0.15, 0.2) is 0 Å². The molecule has 0 aromatic heterocycles. The van der Waals surface area contributed by atoms with E-state index in [0.717, 1.165) is 0 Å². The highest BCUT2D eigenvalue weighted by Crippen LogP contribution is 2.08. The minimum atomic E-state index is -0.514. The third-order valence-electron chi connectivity index (χ3n) is 1.08. The molecule has 0 aliphatic carbocycles. The van der Waals surface area contributed by atoms with Gasteiger partial charge in [0.05, 0.1) is 13.0 Å². The van der Waals surface area contributed by atoms with Crippen molar-refractivity contribution in [1.82, 2.24) is 0 Å². The molecule has 0 saturated carbocycles. The number of ether oxygens (including phenoxy) is 1. The van der Waals surface area contributed by atoms with Gasteiger partial charge in [-0.05, 0) is 20.8 Å². The molecule has 4 nitrogen and oxygen atoms in total. The highest BCUT2D eigenvalue weighted by molar-refractivity contribution is 5.70. The Kier molecular flexibility index (Phi) is 4.20. The second kappa shape index (κ2) is 4.42. The van der Waals surface area contributed by atoms with Crippen molar-refractivity contribution in [3.05, 3.63) is 0 Å². The third kappa shape index (κ3) is 6.12. The van der Waals surface area contributed by atoms with E-state index in [1.165, 1.54) is 0 Å². The van der Waals surface area contributed by atoms with Crippen LogP contribution in [-0.2, 0) is 9.53 Å². The fourth-order valence-corrected chi connectivity index (χ4v) is 0.662. The molecular formula is C8H17NO3. The maximum atomic E-state index is 11.0. The number of aliphatic hydroxyl groups is 1. The predicted octanol–water partition coefficient (Wildman–Crippen LogP) is 0.0378. The van der Waals surface area contributed by atoms with Gasteiger partial charge in [-0.15, -0.1) is 0 Å². The zero-order valence-electron chi connectivity index (χ0n) is 7.83. The van der Waals surface area contributed by atoms with E-state index in [4.69, 9.17) is 15.6 Å². The number of hydrogen-bond acceptors (Lipinski definition) is 4. The van der Waals surface area contributed by atoms with Gasteiger partial charge in [0, 0.05) is 6.04 Å². The second-order valence-corrected chi connectivity index (χ2v) is 3.73. The average molecular weight is 175 g/mol. The molecule has 12 heavy (non-hydrogen) atoms. The van der Waals surface area contributed by atoms with Crippen LogP contribution in [0.25, 0.3) is 0 Å². The van der Waals surface area contributed by atoms with Crippen molar-refractivity contribution in [2.75, 3.05) is 6.61 Å². The largest absolute Gasteiger partial charge is 0.460 e. The summed E-state index contributed by atoms with van der Waals surface area (Å²) in [6, 6.07) is -0.514. The molecule has 0 aliphatic rings. The van der Waals surface area contributed by atoms with Crippen LogP contribution in [0, 0.1) is 0 Å². The summed E-state index contributed by atoms with van der Waals surface area (Å²) in [5.74, 6) is -0.371. The normalized spacial score (nSPS) is 14.1. The van der Waals surface area contributed by atoms with Crippen LogP contribution >= 0.6 is 0 Å². The van der Waals surface area contributed by atoms with Crippen molar-refractivity contribution in [2.24, 2.45) is 5.73 Å². The Morgan fingerprint density at radius 2 is 2.08 bits per heavy atom. The zero-order chi connectivity index (χ0) is 9.78. The Morgan fingerprint density at radius 3 is 2.42 bits per heavy atom. The maximum Gasteiger partial charge on any atom is 0.307 e. The van der Waals surface area contributed by atoms with E-state index in [1.807, 2.05) is 0 Å². The highest BCUT2D eigenvalue weighted by Gasteiger charge is 2.17. The van der Waals surface area contributed by atoms with Crippen LogP contribution in [0.3, 0.4) is 0 Å². The quantitative estimate of drug-likeness (QED) is 0.594. The van der Waals surface area contributed by atoms with Crippen LogP contribution < -0.4 is 5.73 Å². The lowest BCUT2D eigenvalue weighted by Gasteiger charge is -2.20. The van der Waals surface area contributed by atoms with Gasteiger partial charge < -0.3 is 15.6 Å². The molecule has 0 amide bonds. The summed E-state index contributed by atoms with van der Waals surface area (Å²) in [5.41, 5.74) is 4.86. The Balaban J connectivity index is 3.75. The van der Waals surface area contributed by atoms with Gasteiger partial charge in [0.1, 0.15) is 5.60 Å². The minimum Gasteiger partial charge on any atom is -0.460 e. The molecule has 0 aromatic rings. The van der Waals surface area contributed by atoms with Crippen LogP contribution in [0.1, 0.15) is 27.2 Å². The van der Waals surface area contributed by atoms with Crippen molar-refractivity contribution in [1.29, 1.82) is 0 Å². The maximum absolute atomic E-state index is 11.0. The molecule has 0 unspecified atom stereocenters. The molecule has 0 radical (unpaired) electrons. The van der Waals surface area contributed by atoms with Gasteiger partial charge in [0.25, 0.3) is 0 Å². The number of nitrogens with two attached hydrogens (primary N) is 1. The summed E-state index contributed by atoms with van der Waals surface area (Å²) in [6.07, 6.45) is 0.0633. The molecule has 0 aliphatic heterocycles. The molecule has 0 spiro atoms. The number of carbonyl (C=O) groups excluding carboxylic acids is 1. The lowest BCUT2D eigenvalue weighted by Crippen LogP contribution is -2.32. The van der Waals surface area contributed by atoms with Gasteiger partial charge in [-0.25, -0.2) is 0 Å². The van der Waals surface area contributed by atoms with E-state index in [9.17, 15) is 4.79 Å². The molecule has 1 atom stereocenters. The van der Waals surface area contributed by atoms with Crippen molar-refractivity contribution in [3.63, 3.8) is 0 Å². The first kappa shape index (κ1) is 11.4. The lowest BCUT2D eigenvalue weighted by atomic mass is 10.2. The summed E-state index contributed by atoms with van der Waals surface area (Å²) in [7, 11) is 0. The first-order valence-electron chi connectivity index (χ1n) is 3.93. The van der Waals surface area contributed by atoms with E-state index < -0.39 is 11.6 Å². The summed E-state index contributed by atoms with van der Waals surface area (Å²) >= 11 is 0. The van der Waals surface area contributed by atoms with Gasteiger partial charge >= 0.3 is 5.97 Å². The number of rotatable bonds is 3. The van der Waals surface area contributed by atoms with Crippen molar-refractivity contribution >= 4 is 5.97 Å². The van der Waals surface area contributed by atoms with E-state index in [-0.39, 0.29) is 19.0 Å². The Labute approximate surface area is 72.7 Å². The lowest BCUT2D eigenvalue weighted by molar-refractivity contribution is -0.155. The van der Waals surface area contributed by atoms with Crippen LogP contribution in [-0.4, -0.2) is 29.3 Å². The van der Waals surface area contributed by atoms with Crippen LogP contribution in [0.2, 0.25) is 0 Å². The fraction of sp³-hybridized carbons (Fsp3) is 0.875. The smallest absolute Gasteiger partial charge is 0.307 e. The average Bonchev–Trinajstić information content (AvgIpc) is 1.82. The number of hydrogen-bond donors (Lipinski definition) is 2. The summed E-state index contributed by atoms with van der Waals surface area (Å²) in [6.45, 7) is 5.17. The SMILES string of the molecule is CC(C)(C)OC(=O)C[C@H](N)CO. The molecule has 72 valence electrons. The van der Waals surface area contributed by atoms with Gasteiger partial charge in [0.2, 0.25) is 0 Å². The topological polar surface area (TPSA) is 72.5 Å². The monoisotopic (exact) mass is 175 g/mol. The molecule has 0 aromatic carbocycles. The van der Waals surface area contributed by atoms with Crippen molar-refractivity contribution in [3.8, 4) is 0 Å². The Bertz CT molecular complexity index is 151. The molecule has 0 heterocycles. The molecule has 0 fully saturated rings. The molecule has 3 N–H and O–H groups in total. The number of aliphatic hydroxyl groups excluding tert-OH is 1. The van der Waals surface area contributed by atoms with Crippen LogP contribution in [0.15, 0.2) is 0 Å². The van der Waals surface area contributed by atoms with Crippen molar-refractivity contribution in [2.45, 2.75) is 38.8 Å². The summed E-state index contributed by atoms with van der Waals surface area (Å²) in [4.78, 5) is 11.0. The standard InChI is InChI=1S/C8H17NO3/c1-8(2,3)12-7(11)4-6(9)5-10/h6,10H,4-5,9H2,1-3H3/t6-/m0/s1. The van der Waals surface area contributed by atoms with E-state index in [0.29, 0.717) is 0 Å². The minimum absolute atomic E-state index is 0.0633. The van der Waals surface area contributed by atoms with Gasteiger partial charge in [-0.3, -0.25) is 4.79 Å². The third-order valence-corrected chi connectivity index (χ3v) is 1.08. The number of esters is 1. The molecular weight excluding hydrogens is 158 g/mol. The molecule has 0 rings (SSSR count). The first-order valence-corrected chi connectivity index (χ1v) is 3.93. The van der Waals surface area contributed by atoms with Gasteiger partial charge in [-0.2, -0.15) is 0 Å². The Morgan fingerprint density at radius 1 is 1.58 bits per heavy atom. The van der Waals surface area contributed by atoms with Gasteiger partial charge in [-0.1, -0.05) is 0 Å². The van der Waals surface area contributed by atoms with E-state index in [2.05, 4.69) is 0 Å².